The number of aromatic nitrogens is 2. The molecule has 1 aliphatic rings. The van der Waals surface area contributed by atoms with Crippen LogP contribution in [0.3, 0.4) is 0 Å². The maximum absolute atomic E-state index is 10.7. The fourth-order valence-electron chi connectivity index (χ4n) is 2.69. The Balaban J connectivity index is 1.66. The highest BCUT2D eigenvalue weighted by molar-refractivity contribution is 5.53. The van der Waals surface area contributed by atoms with Crippen molar-refractivity contribution in [2.45, 2.75) is 12.5 Å². The average molecular weight is 315 g/mol. The van der Waals surface area contributed by atoms with E-state index in [4.69, 9.17) is 10.5 Å². The molecule has 1 aromatic heterocycles. The summed E-state index contributed by atoms with van der Waals surface area (Å²) in [7, 11) is 0. The summed E-state index contributed by atoms with van der Waals surface area (Å²) in [6.07, 6.45) is 2.07. The van der Waals surface area contributed by atoms with Gasteiger partial charge in [0.25, 0.3) is 0 Å². The lowest BCUT2D eigenvalue weighted by molar-refractivity contribution is -0.384. The van der Waals surface area contributed by atoms with E-state index in [9.17, 15) is 10.1 Å². The summed E-state index contributed by atoms with van der Waals surface area (Å²) < 4.78 is 5.82. The number of nitrogens with one attached hydrogen (secondary N) is 1. The van der Waals surface area contributed by atoms with Gasteiger partial charge in [0.15, 0.2) is 0 Å². The third-order valence-electron chi connectivity index (χ3n) is 3.86. The maximum Gasteiger partial charge on any atom is 0.329 e. The van der Waals surface area contributed by atoms with Crippen LogP contribution >= 0.6 is 0 Å². The number of hydrogen-bond acceptors (Lipinski definition) is 7. The van der Waals surface area contributed by atoms with Gasteiger partial charge >= 0.3 is 5.69 Å². The number of nitrogens with two attached hydrogens (primary N) is 1. The standard InChI is InChI=1S/C15H17N5O3/c16-14-12(20(21)22)9-18-15(19-14)17-8-11-6-7-23-13(11)10-4-2-1-3-5-10/h1-5,9,11,13H,6-8H2,(H3,16,17,18,19). The molecule has 0 amide bonds. The molecule has 0 saturated carbocycles. The summed E-state index contributed by atoms with van der Waals surface area (Å²) in [5.74, 6) is 0.416. The van der Waals surface area contributed by atoms with E-state index in [-0.39, 0.29) is 29.5 Å². The molecule has 0 spiro atoms. The lowest BCUT2D eigenvalue weighted by Gasteiger charge is -2.19. The Bertz CT molecular complexity index is 695. The number of ether oxygens (including phenoxy) is 1. The normalized spacial score (nSPS) is 20.3. The van der Waals surface area contributed by atoms with Crippen molar-refractivity contribution in [2.75, 3.05) is 24.2 Å². The Hall–Kier alpha value is -2.74. The largest absolute Gasteiger partial charge is 0.378 e. The fraction of sp³-hybridized carbons (Fsp3) is 0.333. The van der Waals surface area contributed by atoms with E-state index >= 15 is 0 Å². The molecule has 1 fully saturated rings. The van der Waals surface area contributed by atoms with Crippen LogP contribution in [-0.2, 0) is 4.74 Å². The second-order valence-electron chi connectivity index (χ2n) is 5.35. The zero-order chi connectivity index (χ0) is 16.2. The summed E-state index contributed by atoms with van der Waals surface area (Å²) in [6, 6.07) is 10.0. The minimum atomic E-state index is -0.602. The molecule has 0 bridgehead atoms. The summed E-state index contributed by atoms with van der Waals surface area (Å²) in [5, 5.41) is 13.8. The number of hydrogen-bond donors (Lipinski definition) is 2. The van der Waals surface area contributed by atoms with Crippen molar-refractivity contribution in [1.29, 1.82) is 0 Å². The summed E-state index contributed by atoms with van der Waals surface area (Å²) in [5.41, 5.74) is 6.42. The van der Waals surface area contributed by atoms with E-state index in [0.29, 0.717) is 13.2 Å². The van der Waals surface area contributed by atoms with Crippen molar-refractivity contribution < 1.29 is 9.66 Å². The Morgan fingerprint density at radius 1 is 1.39 bits per heavy atom. The molecule has 0 aliphatic carbocycles. The van der Waals surface area contributed by atoms with Gasteiger partial charge in [-0.25, -0.2) is 4.98 Å². The highest BCUT2D eigenvalue weighted by Crippen LogP contribution is 2.34. The van der Waals surface area contributed by atoms with Gasteiger partial charge in [0, 0.05) is 19.1 Å². The third-order valence-corrected chi connectivity index (χ3v) is 3.86. The molecular formula is C15H17N5O3. The van der Waals surface area contributed by atoms with Crippen LogP contribution in [0.15, 0.2) is 36.5 Å². The number of rotatable bonds is 5. The molecule has 2 heterocycles. The Kier molecular flexibility index (Phi) is 4.33. The van der Waals surface area contributed by atoms with E-state index in [1.807, 2.05) is 30.3 Å². The molecule has 0 radical (unpaired) electrons. The van der Waals surface area contributed by atoms with E-state index in [0.717, 1.165) is 18.2 Å². The van der Waals surface area contributed by atoms with Gasteiger partial charge in [-0.1, -0.05) is 30.3 Å². The number of benzene rings is 1. The van der Waals surface area contributed by atoms with Crippen molar-refractivity contribution in [3.63, 3.8) is 0 Å². The van der Waals surface area contributed by atoms with Gasteiger partial charge < -0.3 is 15.8 Å². The molecule has 2 atom stereocenters. The number of nitrogens with zero attached hydrogens (tertiary/aromatic N) is 3. The molecule has 3 rings (SSSR count). The Morgan fingerprint density at radius 2 is 2.17 bits per heavy atom. The van der Waals surface area contributed by atoms with Crippen molar-refractivity contribution >= 4 is 17.5 Å². The van der Waals surface area contributed by atoms with E-state index in [1.54, 1.807) is 0 Å². The third kappa shape index (κ3) is 3.37. The monoisotopic (exact) mass is 315 g/mol. The first-order chi connectivity index (χ1) is 11.1. The van der Waals surface area contributed by atoms with Crippen LogP contribution in [0.2, 0.25) is 0 Å². The van der Waals surface area contributed by atoms with Gasteiger partial charge in [-0.3, -0.25) is 10.1 Å². The highest BCUT2D eigenvalue weighted by Gasteiger charge is 2.29. The minimum Gasteiger partial charge on any atom is -0.378 e. The van der Waals surface area contributed by atoms with Gasteiger partial charge in [-0.2, -0.15) is 4.98 Å². The second-order valence-corrected chi connectivity index (χ2v) is 5.35. The first kappa shape index (κ1) is 15.2. The Morgan fingerprint density at radius 3 is 2.87 bits per heavy atom. The van der Waals surface area contributed by atoms with Crippen LogP contribution in [0.4, 0.5) is 17.5 Å². The van der Waals surface area contributed by atoms with E-state index in [1.165, 1.54) is 0 Å². The van der Waals surface area contributed by atoms with Gasteiger partial charge in [0.1, 0.15) is 6.20 Å². The number of anilines is 2. The molecule has 120 valence electrons. The van der Waals surface area contributed by atoms with Crippen LogP contribution in [0.1, 0.15) is 18.1 Å². The van der Waals surface area contributed by atoms with Crippen LogP contribution in [0.5, 0.6) is 0 Å². The van der Waals surface area contributed by atoms with Crippen molar-refractivity contribution in [3.05, 3.63) is 52.2 Å². The van der Waals surface area contributed by atoms with Crippen molar-refractivity contribution in [3.8, 4) is 0 Å². The number of nitrogen functional groups attached to an aromatic ring is 1. The summed E-state index contributed by atoms with van der Waals surface area (Å²) in [6.45, 7) is 1.31. The first-order valence-corrected chi connectivity index (χ1v) is 7.32. The van der Waals surface area contributed by atoms with Gasteiger partial charge in [-0.05, 0) is 12.0 Å². The predicted octanol–water partition coefficient (Wildman–Crippen LogP) is 2.16. The summed E-state index contributed by atoms with van der Waals surface area (Å²) in [4.78, 5) is 18.0. The molecule has 8 heteroatoms. The van der Waals surface area contributed by atoms with Crippen molar-refractivity contribution in [1.82, 2.24) is 9.97 Å². The SMILES string of the molecule is Nc1nc(NCC2CCOC2c2ccccc2)ncc1[N+](=O)[O-]. The molecule has 1 aromatic carbocycles. The molecule has 23 heavy (non-hydrogen) atoms. The molecule has 2 unspecified atom stereocenters. The molecule has 8 nitrogen and oxygen atoms in total. The van der Waals surface area contributed by atoms with E-state index in [2.05, 4.69) is 15.3 Å². The topological polar surface area (TPSA) is 116 Å². The van der Waals surface area contributed by atoms with Crippen LogP contribution < -0.4 is 11.1 Å². The average Bonchev–Trinajstić information content (AvgIpc) is 3.02. The van der Waals surface area contributed by atoms with Gasteiger partial charge in [0.05, 0.1) is 11.0 Å². The highest BCUT2D eigenvalue weighted by atomic mass is 16.6. The Labute approximate surface area is 132 Å². The lowest BCUT2D eigenvalue weighted by atomic mass is 9.95. The zero-order valence-corrected chi connectivity index (χ0v) is 12.4. The molecular weight excluding hydrogens is 298 g/mol. The van der Waals surface area contributed by atoms with Gasteiger partial charge in [-0.15, -0.1) is 0 Å². The number of nitro groups is 1. The molecule has 1 saturated heterocycles. The molecule has 3 N–H and O–H groups in total. The first-order valence-electron chi connectivity index (χ1n) is 7.32. The fourth-order valence-corrected chi connectivity index (χ4v) is 2.69. The van der Waals surface area contributed by atoms with Crippen LogP contribution in [0, 0.1) is 16.0 Å². The molecule has 2 aromatic rings. The minimum absolute atomic E-state index is 0.0269. The van der Waals surface area contributed by atoms with Crippen LogP contribution in [0.25, 0.3) is 0 Å². The smallest absolute Gasteiger partial charge is 0.329 e. The van der Waals surface area contributed by atoms with Crippen molar-refractivity contribution in [2.24, 2.45) is 5.92 Å². The molecule has 1 aliphatic heterocycles. The predicted molar refractivity (Wildman–Crippen MR) is 84.8 cm³/mol. The van der Waals surface area contributed by atoms with Gasteiger partial charge in [0.2, 0.25) is 11.8 Å². The zero-order valence-electron chi connectivity index (χ0n) is 12.4. The van der Waals surface area contributed by atoms with Crippen LogP contribution in [-0.4, -0.2) is 28.0 Å². The lowest BCUT2D eigenvalue weighted by Crippen LogP contribution is -2.19. The quantitative estimate of drug-likeness (QED) is 0.641. The van der Waals surface area contributed by atoms with E-state index < -0.39 is 4.92 Å². The maximum atomic E-state index is 10.7. The second kappa shape index (κ2) is 6.57. The summed E-state index contributed by atoms with van der Waals surface area (Å²) >= 11 is 0.